The number of benzene rings is 3. The third kappa shape index (κ3) is 5.29. The Hall–Kier alpha value is -4.02. The van der Waals surface area contributed by atoms with Crippen LogP contribution < -0.4 is 4.74 Å². The average molecular weight is 504 g/mol. The van der Waals surface area contributed by atoms with E-state index in [9.17, 15) is 13.2 Å². The van der Waals surface area contributed by atoms with Crippen LogP contribution >= 0.6 is 0 Å². The summed E-state index contributed by atoms with van der Waals surface area (Å²) in [6, 6.07) is 25.5. The van der Waals surface area contributed by atoms with Gasteiger partial charge in [0.05, 0.1) is 17.6 Å². The first-order valence-electron chi connectivity index (χ1n) is 11.6. The summed E-state index contributed by atoms with van der Waals surface area (Å²) in [5, 5.41) is 8.16. The van der Waals surface area contributed by atoms with Gasteiger partial charge < -0.3 is 9.64 Å². The highest BCUT2D eigenvalue weighted by Gasteiger charge is 2.31. The van der Waals surface area contributed by atoms with Crippen LogP contribution in [0.25, 0.3) is 0 Å². The molecule has 9 nitrogen and oxygen atoms in total. The van der Waals surface area contributed by atoms with Gasteiger partial charge in [0.25, 0.3) is 5.91 Å². The van der Waals surface area contributed by atoms with Gasteiger partial charge in [-0.05, 0) is 42.0 Å². The number of hydrogen-bond acceptors (Lipinski definition) is 6. The van der Waals surface area contributed by atoms with Crippen molar-refractivity contribution in [3.8, 4) is 11.5 Å². The summed E-state index contributed by atoms with van der Waals surface area (Å²) in [6.07, 6.45) is 1.61. The predicted molar refractivity (Wildman–Crippen MR) is 133 cm³/mol. The lowest BCUT2D eigenvalue weighted by atomic mass is 10.2. The molecule has 36 heavy (non-hydrogen) atoms. The fraction of sp³-hybridized carbons (Fsp3) is 0.192. The van der Waals surface area contributed by atoms with E-state index < -0.39 is 10.0 Å². The smallest absolute Gasteiger partial charge is 0.276 e. The van der Waals surface area contributed by atoms with Gasteiger partial charge in [-0.15, -0.1) is 5.10 Å². The Kier molecular flexibility index (Phi) is 6.79. The molecule has 0 N–H and O–H groups in total. The number of ether oxygens (including phenoxy) is 1. The molecule has 0 radical (unpaired) electrons. The standard InChI is InChI=1S/C26H25N5O4S/c32-26(29-14-16-31(17-15-29)36(33,34)24-12-5-2-6-13-24)25-20-30(28-27-25)19-21-8-7-11-23(18-21)35-22-9-3-1-4-10-22/h1-13,18,20H,14-17,19H2. The molecule has 0 aliphatic carbocycles. The highest BCUT2D eigenvalue weighted by molar-refractivity contribution is 7.89. The highest BCUT2D eigenvalue weighted by atomic mass is 32.2. The van der Waals surface area contributed by atoms with E-state index in [1.54, 1.807) is 46.1 Å². The molecular weight excluding hydrogens is 478 g/mol. The van der Waals surface area contributed by atoms with E-state index in [0.29, 0.717) is 12.3 Å². The molecule has 0 saturated carbocycles. The molecule has 0 bridgehead atoms. The number of rotatable bonds is 7. The van der Waals surface area contributed by atoms with E-state index in [4.69, 9.17) is 4.74 Å². The molecule has 1 aliphatic heterocycles. The highest BCUT2D eigenvalue weighted by Crippen LogP contribution is 2.22. The second-order valence-corrected chi connectivity index (χ2v) is 10.3. The quantitative estimate of drug-likeness (QED) is 0.384. The van der Waals surface area contributed by atoms with Gasteiger partial charge in [0.15, 0.2) is 5.69 Å². The molecule has 1 saturated heterocycles. The zero-order chi connectivity index (χ0) is 25.0. The van der Waals surface area contributed by atoms with Crippen molar-refractivity contribution in [3.63, 3.8) is 0 Å². The first-order valence-corrected chi connectivity index (χ1v) is 13.0. The van der Waals surface area contributed by atoms with E-state index in [-0.39, 0.29) is 42.7 Å². The van der Waals surface area contributed by atoms with Crippen molar-refractivity contribution in [2.75, 3.05) is 26.2 Å². The zero-order valence-electron chi connectivity index (χ0n) is 19.5. The van der Waals surface area contributed by atoms with Gasteiger partial charge >= 0.3 is 0 Å². The van der Waals surface area contributed by atoms with Gasteiger partial charge in [0.1, 0.15) is 11.5 Å². The molecule has 4 aromatic rings. The summed E-state index contributed by atoms with van der Waals surface area (Å²) in [7, 11) is -3.58. The molecule has 1 aliphatic rings. The minimum absolute atomic E-state index is 0.227. The van der Waals surface area contributed by atoms with Crippen LogP contribution in [0, 0.1) is 0 Å². The number of nitrogens with zero attached hydrogens (tertiary/aromatic N) is 5. The molecule has 0 atom stereocenters. The summed E-state index contributed by atoms with van der Waals surface area (Å²) < 4.78 is 34.5. The second kappa shape index (κ2) is 10.3. The predicted octanol–water partition coefficient (Wildman–Crippen LogP) is 3.27. The third-order valence-corrected chi connectivity index (χ3v) is 7.80. The topological polar surface area (TPSA) is 97.6 Å². The number of carbonyl (C=O) groups is 1. The van der Waals surface area contributed by atoms with Crippen LogP contribution in [0.15, 0.2) is 96.0 Å². The van der Waals surface area contributed by atoms with Crippen molar-refractivity contribution in [1.82, 2.24) is 24.2 Å². The number of hydrogen-bond donors (Lipinski definition) is 0. The maximum atomic E-state index is 13.0. The molecule has 10 heteroatoms. The van der Waals surface area contributed by atoms with Crippen molar-refractivity contribution in [2.45, 2.75) is 11.4 Å². The van der Waals surface area contributed by atoms with Crippen LogP contribution in [-0.4, -0.2) is 64.7 Å². The van der Waals surface area contributed by atoms with Crippen molar-refractivity contribution in [1.29, 1.82) is 0 Å². The third-order valence-electron chi connectivity index (χ3n) is 5.89. The monoisotopic (exact) mass is 503 g/mol. The van der Waals surface area contributed by atoms with Gasteiger partial charge in [-0.1, -0.05) is 53.7 Å². The number of para-hydroxylation sites is 1. The van der Waals surface area contributed by atoms with Gasteiger partial charge in [-0.25, -0.2) is 13.1 Å². The van der Waals surface area contributed by atoms with Crippen LogP contribution in [0.1, 0.15) is 16.1 Å². The lowest BCUT2D eigenvalue weighted by Gasteiger charge is -2.33. The van der Waals surface area contributed by atoms with Gasteiger partial charge in [0.2, 0.25) is 10.0 Å². The van der Waals surface area contributed by atoms with E-state index in [2.05, 4.69) is 10.3 Å². The van der Waals surface area contributed by atoms with Crippen molar-refractivity contribution < 1.29 is 17.9 Å². The number of amides is 1. The Labute approximate surface area is 209 Å². The zero-order valence-corrected chi connectivity index (χ0v) is 20.3. The van der Waals surface area contributed by atoms with Gasteiger partial charge in [-0.2, -0.15) is 4.31 Å². The molecule has 1 fully saturated rings. The van der Waals surface area contributed by atoms with Gasteiger partial charge in [-0.3, -0.25) is 4.79 Å². The Morgan fingerprint density at radius 2 is 1.50 bits per heavy atom. The normalized spacial score (nSPS) is 14.5. The maximum absolute atomic E-state index is 13.0. The molecule has 1 aromatic heterocycles. The van der Waals surface area contributed by atoms with E-state index >= 15 is 0 Å². The maximum Gasteiger partial charge on any atom is 0.276 e. The second-order valence-electron chi connectivity index (χ2n) is 8.37. The van der Waals surface area contributed by atoms with E-state index in [0.717, 1.165) is 11.3 Å². The van der Waals surface area contributed by atoms with Crippen LogP contribution in [0.5, 0.6) is 11.5 Å². The van der Waals surface area contributed by atoms with Crippen molar-refractivity contribution in [3.05, 3.63) is 102 Å². The lowest BCUT2D eigenvalue weighted by molar-refractivity contribution is 0.0692. The van der Waals surface area contributed by atoms with Gasteiger partial charge in [0, 0.05) is 26.2 Å². The average Bonchev–Trinajstić information content (AvgIpc) is 3.38. The summed E-state index contributed by atoms with van der Waals surface area (Å²) >= 11 is 0. The number of piperazine rings is 1. The first kappa shape index (κ1) is 23.7. The molecule has 1 amide bonds. The molecule has 3 aromatic carbocycles. The molecule has 5 rings (SSSR count). The van der Waals surface area contributed by atoms with Crippen molar-refractivity contribution in [2.24, 2.45) is 0 Å². The Morgan fingerprint density at radius 3 is 2.22 bits per heavy atom. The number of aromatic nitrogens is 3. The lowest BCUT2D eigenvalue weighted by Crippen LogP contribution is -2.50. The van der Waals surface area contributed by atoms with Crippen LogP contribution in [0.3, 0.4) is 0 Å². The minimum Gasteiger partial charge on any atom is -0.457 e. The first-order chi connectivity index (χ1) is 17.5. The fourth-order valence-corrected chi connectivity index (χ4v) is 5.47. The SMILES string of the molecule is O=C(c1cn(Cc2cccc(Oc3ccccc3)c2)nn1)N1CCN(S(=O)(=O)c2ccccc2)CC1. The summed E-state index contributed by atoms with van der Waals surface area (Å²) in [5.41, 5.74) is 1.18. The van der Waals surface area contributed by atoms with Crippen LogP contribution in [-0.2, 0) is 16.6 Å². The summed E-state index contributed by atoms with van der Waals surface area (Å²) in [6.45, 7) is 1.46. The number of sulfonamides is 1. The fourth-order valence-electron chi connectivity index (χ4n) is 4.03. The molecule has 184 valence electrons. The molecule has 0 spiro atoms. The minimum atomic E-state index is -3.58. The van der Waals surface area contributed by atoms with Crippen LogP contribution in [0.4, 0.5) is 0 Å². The van der Waals surface area contributed by atoms with E-state index in [1.807, 2.05) is 54.6 Å². The van der Waals surface area contributed by atoms with E-state index in [1.165, 1.54) is 4.31 Å². The molecular formula is C26H25N5O4S. The Bertz CT molecular complexity index is 1430. The molecule has 0 unspecified atom stereocenters. The Morgan fingerprint density at radius 1 is 0.833 bits per heavy atom. The summed E-state index contributed by atoms with van der Waals surface area (Å²) in [4.78, 5) is 14.8. The molecule has 2 heterocycles. The largest absolute Gasteiger partial charge is 0.457 e. The van der Waals surface area contributed by atoms with Crippen LogP contribution in [0.2, 0.25) is 0 Å². The van der Waals surface area contributed by atoms with Crippen molar-refractivity contribution >= 4 is 15.9 Å². The summed E-state index contributed by atoms with van der Waals surface area (Å²) in [5.74, 6) is 1.19. The number of carbonyl (C=O) groups excluding carboxylic acids is 1. The Balaban J connectivity index is 1.19.